The minimum absolute atomic E-state index is 0.0836. The molecule has 0 radical (unpaired) electrons. The van der Waals surface area contributed by atoms with Gasteiger partial charge in [-0.25, -0.2) is 9.67 Å². The van der Waals surface area contributed by atoms with Crippen molar-refractivity contribution in [1.82, 2.24) is 14.8 Å². The van der Waals surface area contributed by atoms with Gasteiger partial charge in [0.1, 0.15) is 12.4 Å². The van der Waals surface area contributed by atoms with Gasteiger partial charge in [0.05, 0.1) is 0 Å². The summed E-state index contributed by atoms with van der Waals surface area (Å²) in [5.41, 5.74) is 0. The smallest absolute Gasteiger partial charge is 0.453 e. The van der Waals surface area contributed by atoms with E-state index in [9.17, 15) is 18.0 Å². The molecule has 14 heavy (non-hydrogen) atoms. The van der Waals surface area contributed by atoms with Crippen molar-refractivity contribution in [2.24, 2.45) is 0 Å². The quantitative estimate of drug-likeness (QED) is 0.778. The molecule has 1 aromatic heterocycles. The summed E-state index contributed by atoms with van der Waals surface area (Å²) >= 11 is 0. The molecular formula is C6H6F3N3O2. The molecule has 0 saturated heterocycles. The maximum Gasteiger partial charge on any atom is 0.453 e. The molecule has 1 N–H and O–H groups in total. The minimum atomic E-state index is -4.64. The van der Waals surface area contributed by atoms with Crippen LogP contribution in [0.3, 0.4) is 0 Å². The minimum Gasteiger partial charge on any atom is -0.480 e. The van der Waals surface area contributed by atoms with Crippen molar-refractivity contribution in [2.45, 2.75) is 19.6 Å². The van der Waals surface area contributed by atoms with E-state index in [0.717, 1.165) is 0 Å². The highest BCUT2D eigenvalue weighted by Gasteiger charge is 2.36. The maximum atomic E-state index is 12.0. The van der Waals surface area contributed by atoms with E-state index >= 15 is 0 Å². The number of aliphatic carboxylic acids is 1. The Morgan fingerprint density at radius 1 is 1.57 bits per heavy atom. The second-order valence-electron chi connectivity index (χ2n) is 2.53. The van der Waals surface area contributed by atoms with Gasteiger partial charge >= 0.3 is 12.1 Å². The zero-order valence-corrected chi connectivity index (χ0v) is 7.04. The molecule has 0 aliphatic rings. The molecule has 1 rings (SSSR count). The number of carbonyl (C=O) groups is 1. The number of hydrogen-bond donors (Lipinski definition) is 1. The van der Waals surface area contributed by atoms with E-state index in [2.05, 4.69) is 10.1 Å². The molecule has 0 unspecified atom stereocenters. The van der Waals surface area contributed by atoms with Gasteiger partial charge in [-0.05, 0) is 6.92 Å². The Balaban J connectivity index is 2.99. The van der Waals surface area contributed by atoms with Crippen molar-refractivity contribution >= 4 is 5.97 Å². The van der Waals surface area contributed by atoms with Crippen LogP contribution in [0.1, 0.15) is 11.6 Å². The van der Waals surface area contributed by atoms with Crippen molar-refractivity contribution in [2.75, 3.05) is 0 Å². The van der Waals surface area contributed by atoms with Gasteiger partial charge in [-0.1, -0.05) is 0 Å². The fourth-order valence-corrected chi connectivity index (χ4v) is 0.818. The van der Waals surface area contributed by atoms with Crippen LogP contribution in [0.5, 0.6) is 0 Å². The third-order valence-electron chi connectivity index (χ3n) is 1.40. The van der Waals surface area contributed by atoms with E-state index in [1.165, 1.54) is 6.92 Å². The van der Waals surface area contributed by atoms with Gasteiger partial charge in [-0.3, -0.25) is 4.79 Å². The molecule has 0 spiro atoms. The van der Waals surface area contributed by atoms with Gasteiger partial charge < -0.3 is 5.11 Å². The second kappa shape index (κ2) is 3.28. The highest BCUT2D eigenvalue weighted by Crippen LogP contribution is 2.26. The summed E-state index contributed by atoms with van der Waals surface area (Å²) in [4.78, 5) is 13.3. The Bertz CT molecular complexity index is 358. The van der Waals surface area contributed by atoms with Gasteiger partial charge in [0.15, 0.2) is 0 Å². The number of rotatable bonds is 2. The highest BCUT2D eigenvalue weighted by atomic mass is 19.4. The molecule has 1 heterocycles. The Hall–Kier alpha value is -1.60. The third kappa shape index (κ3) is 2.21. The van der Waals surface area contributed by atoms with E-state index in [1.807, 2.05) is 0 Å². The molecule has 0 aromatic carbocycles. The Morgan fingerprint density at radius 3 is 2.50 bits per heavy atom. The van der Waals surface area contributed by atoms with Crippen LogP contribution in [-0.4, -0.2) is 25.8 Å². The van der Waals surface area contributed by atoms with Crippen molar-refractivity contribution < 1.29 is 23.1 Å². The summed E-state index contributed by atoms with van der Waals surface area (Å²) in [6, 6.07) is 0. The molecule has 0 saturated carbocycles. The lowest BCUT2D eigenvalue weighted by Crippen LogP contribution is -2.13. The molecule has 0 amide bonds. The van der Waals surface area contributed by atoms with E-state index in [4.69, 9.17) is 5.11 Å². The van der Waals surface area contributed by atoms with Crippen molar-refractivity contribution in [3.8, 4) is 0 Å². The summed E-state index contributed by atoms with van der Waals surface area (Å²) < 4.78 is 36.8. The SMILES string of the molecule is Cc1nc(C(F)(F)F)nn1CC(=O)O. The molecule has 0 aliphatic heterocycles. The van der Waals surface area contributed by atoms with Crippen molar-refractivity contribution in [3.63, 3.8) is 0 Å². The fourth-order valence-electron chi connectivity index (χ4n) is 0.818. The molecule has 0 atom stereocenters. The molecule has 8 heteroatoms. The number of aromatic nitrogens is 3. The van der Waals surface area contributed by atoms with Crippen LogP contribution in [0.4, 0.5) is 13.2 Å². The Labute approximate surface area is 76.2 Å². The predicted octanol–water partition coefficient (Wildman–Crippen LogP) is 0.690. The number of carboxylic acid groups (broad SMARTS) is 1. The van der Waals surface area contributed by atoms with Crippen LogP contribution < -0.4 is 0 Å². The molecule has 78 valence electrons. The zero-order chi connectivity index (χ0) is 10.9. The van der Waals surface area contributed by atoms with Gasteiger partial charge in [0, 0.05) is 0 Å². The van der Waals surface area contributed by atoms with E-state index in [-0.39, 0.29) is 5.82 Å². The molecule has 5 nitrogen and oxygen atoms in total. The van der Waals surface area contributed by atoms with Crippen LogP contribution >= 0.6 is 0 Å². The van der Waals surface area contributed by atoms with Crippen LogP contribution in [0.15, 0.2) is 0 Å². The van der Waals surface area contributed by atoms with Crippen LogP contribution in [0.25, 0.3) is 0 Å². The monoisotopic (exact) mass is 209 g/mol. The standard InChI is InChI=1S/C6H6F3N3O2/c1-3-10-5(6(7,8)9)11-12(3)2-4(13)14/h2H2,1H3,(H,13,14). The van der Waals surface area contributed by atoms with Crippen molar-refractivity contribution in [3.05, 3.63) is 11.6 Å². The van der Waals surface area contributed by atoms with Gasteiger partial charge in [0.2, 0.25) is 0 Å². The summed E-state index contributed by atoms with van der Waals surface area (Å²) in [5.74, 6) is -2.68. The highest BCUT2D eigenvalue weighted by molar-refractivity contribution is 5.66. The molecular weight excluding hydrogens is 203 g/mol. The maximum absolute atomic E-state index is 12.0. The number of hydrogen-bond acceptors (Lipinski definition) is 3. The number of aryl methyl sites for hydroxylation is 1. The van der Waals surface area contributed by atoms with Crippen molar-refractivity contribution in [1.29, 1.82) is 0 Å². The van der Waals surface area contributed by atoms with Gasteiger partial charge in [-0.2, -0.15) is 13.2 Å². The number of carboxylic acids is 1. The van der Waals surface area contributed by atoms with E-state index in [1.54, 1.807) is 0 Å². The lowest BCUT2D eigenvalue weighted by atomic mass is 10.6. The number of halogens is 3. The lowest BCUT2D eigenvalue weighted by Gasteiger charge is -1.98. The number of nitrogens with zero attached hydrogens (tertiary/aromatic N) is 3. The largest absolute Gasteiger partial charge is 0.480 e. The predicted molar refractivity (Wildman–Crippen MR) is 37.4 cm³/mol. The normalized spacial score (nSPS) is 11.7. The molecule has 1 aromatic rings. The summed E-state index contributed by atoms with van der Waals surface area (Å²) in [7, 11) is 0. The first-order valence-corrected chi connectivity index (χ1v) is 3.51. The first-order chi connectivity index (χ1) is 6.30. The molecule has 0 bridgehead atoms. The summed E-state index contributed by atoms with van der Waals surface area (Å²) in [6.07, 6.45) is -4.64. The average Bonchev–Trinajstić information content (AvgIpc) is 2.30. The Morgan fingerprint density at radius 2 is 2.14 bits per heavy atom. The second-order valence-corrected chi connectivity index (χ2v) is 2.53. The first kappa shape index (κ1) is 10.5. The summed E-state index contributed by atoms with van der Waals surface area (Å²) in [6.45, 7) is 0.625. The number of alkyl halides is 3. The average molecular weight is 209 g/mol. The van der Waals surface area contributed by atoms with E-state index in [0.29, 0.717) is 4.68 Å². The first-order valence-electron chi connectivity index (χ1n) is 3.51. The van der Waals surface area contributed by atoms with Crippen LogP contribution in [-0.2, 0) is 17.5 Å². The molecule has 0 aliphatic carbocycles. The zero-order valence-electron chi connectivity index (χ0n) is 7.04. The fraction of sp³-hybridized carbons (Fsp3) is 0.500. The lowest BCUT2D eigenvalue weighted by molar-refractivity contribution is -0.145. The topological polar surface area (TPSA) is 68.0 Å². The Kier molecular flexibility index (Phi) is 2.45. The molecule has 0 fully saturated rings. The third-order valence-corrected chi connectivity index (χ3v) is 1.40. The van der Waals surface area contributed by atoms with E-state index < -0.39 is 24.5 Å². The van der Waals surface area contributed by atoms with Gasteiger partial charge in [0.25, 0.3) is 5.82 Å². The van der Waals surface area contributed by atoms with Crippen LogP contribution in [0.2, 0.25) is 0 Å². The van der Waals surface area contributed by atoms with Crippen LogP contribution in [0, 0.1) is 6.92 Å². The van der Waals surface area contributed by atoms with Gasteiger partial charge in [-0.15, -0.1) is 5.10 Å². The summed E-state index contributed by atoms with van der Waals surface area (Å²) in [5, 5.41) is 11.4.